The van der Waals surface area contributed by atoms with Crippen LogP contribution in [0.25, 0.3) is 5.69 Å². The molecule has 0 unspecified atom stereocenters. The van der Waals surface area contributed by atoms with Crippen LogP contribution in [0.2, 0.25) is 0 Å². The zero-order valence-electron chi connectivity index (χ0n) is 10.6. The topological polar surface area (TPSA) is 34.9 Å². The third kappa shape index (κ3) is 3.32. The maximum absolute atomic E-state index is 13.7. The van der Waals surface area contributed by atoms with Crippen LogP contribution in [0.1, 0.15) is 11.3 Å². The van der Waals surface area contributed by atoms with E-state index in [9.17, 15) is 39.9 Å². The van der Waals surface area contributed by atoms with E-state index in [1.54, 1.807) is 0 Å². The molecule has 124 valence electrons. The fourth-order valence-corrected chi connectivity index (χ4v) is 1.68. The lowest BCUT2D eigenvalue weighted by atomic mass is 10.1. The first-order chi connectivity index (χ1) is 10.4. The maximum atomic E-state index is 13.7. The maximum Gasteiger partial charge on any atom is 0.433 e. The summed E-state index contributed by atoms with van der Waals surface area (Å²) in [5.74, 6) is -3.55. The highest BCUT2D eigenvalue weighted by Gasteiger charge is 2.35. The molecule has 0 aliphatic rings. The van der Waals surface area contributed by atoms with Gasteiger partial charge in [-0.05, 0) is 12.1 Å². The summed E-state index contributed by atoms with van der Waals surface area (Å²) in [5.41, 5.74) is -6.02. The highest BCUT2D eigenvalue weighted by atomic mass is 19.4. The molecule has 0 radical (unpaired) electrons. The van der Waals surface area contributed by atoms with Gasteiger partial charge in [0.1, 0.15) is 12.0 Å². The monoisotopic (exact) mass is 344 g/mol. The summed E-state index contributed by atoms with van der Waals surface area (Å²) in [5, 5.41) is 0. The van der Waals surface area contributed by atoms with Gasteiger partial charge in [0, 0.05) is 6.07 Å². The van der Waals surface area contributed by atoms with Crippen LogP contribution in [-0.4, -0.2) is 9.55 Å². The van der Waals surface area contributed by atoms with Gasteiger partial charge in [0.05, 0.1) is 5.56 Å². The van der Waals surface area contributed by atoms with E-state index in [4.69, 9.17) is 0 Å². The number of nitrogens with zero attached hydrogens (tertiary/aromatic N) is 2. The van der Waals surface area contributed by atoms with Crippen LogP contribution in [0.4, 0.5) is 35.1 Å². The van der Waals surface area contributed by atoms with Gasteiger partial charge in [-0.2, -0.15) is 26.3 Å². The molecule has 0 amide bonds. The minimum absolute atomic E-state index is 0.0312. The Hall–Kier alpha value is -2.46. The van der Waals surface area contributed by atoms with E-state index in [1.807, 2.05) is 0 Å². The average molecular weight is 344 g/mol. The second-order valence-electron chi connectivity index (χ2n) is 4.27. The molecule has 23 heavy (non-hydrogen) atoms. The summed E-state index contributed by atoms with van der Waals surface area (Å²) in [7, 11) is 0. The van der Waals surface area contributed by atoms with Crippen molar-refractivity contribution in [2.24, 2.45) is 0 Å². The van der Waals surface area contributed by atoms with E-state index >= 15 is 0 Å². The summed E-state index contributed by atoms with van der Waals surface area (Å²) >= 11 is 0. The zero-order valence-corrected chi connectivity index (χ0v) is 10.6. The highest BCUT2D eigenvalue weighted by molar-refractivity contribution is 5.39. The van der Waals surface area contributed by atoms with E-state index in [-0.39, 0.29) is 29.1 Å². The number of hydrogen-bond acceptors (Lipinski definition) is 2. The van der Waals surface area contributed by atoms with Crippen LogP contribution >= 0.6 is 0 Å². The Bertz CT molecular complexity index is 783. The Morgan fingerprint density at radius 2 is 1.39 bits per heavy atom. The van der Waals surface area contributed by atoms with Crippen LogP contribution in [0.15, 0.2) is 29.3 Å². The molecule has 2 rings (SSSR count). The van der Waals surface area contributed by atoms with E-state index < -0.39 is 46.5 Å². The highest BCUT2D eigenvalue weighted by Crippen LogP contribution is 2.32. The van der Waals surface area contributed by atoms with E-state index in [1.165, 1.54) is 0 Å². The molecule has 0 saturated heterocycles. The first-order valence-electron chi connectivity index (χ1n) is 5.64. The lowest BCUT2D eigenvalue weighted by molar-refractivity contribution is -0.141. The van der Waals surface area contributed by atoms with Crippen LogP contribution in [0.3, 0.4) is 0 Å². The van der Waals surface area contributed by atoms with Gasteiger partial charge in [0.25, 0.3) is 5.56 Å². The molecule has 0 atom stereocenters. The van der Waals surface area contributed by atoms with E-state index in [2.05, 4.69) is 4.98 Å². The van der Waals surface area contributed by atoms with Crippen molar-refractivity contribution in [2.75, 3.05) is 0 Å². The minimum atomic E-state index is -5.04. The minimum Gasteiger partial charge on any atom is -0.269 e. The Morgan fingerprint density at radius 1 is 0.870 bits per heavy atom. The number of hydrogen-bond donors (Lipinski definition) is 0. The molecule has 0 N–H and O–H groups in total. The Balaban J connectivity index is 2.62. The molecular formula is C12H4F8N2O. The smallest absolute Gasteiger partial charge is 0.269 e. The molecule has 1 heterocycles. The molecule has 2 aromatic rings. The number of rotatable bonds is 1. The van der Waals surface area contributed by atoms with Crippen molar-refractivity contribution in [3.05, 3.63) is 57.8 Å². The molecule has 0 bridgehead atoms. The Labute approximate surface area is 121 Å². The van der Waals surface area contributed by atoms with Crippen LogP contribution in [-0.2, 0) is 12.4 Å². The van der Waals surface area contributed by atoms with Gasteiger partial charge in [-0.3, -0.25) is 9.36 Å². The van der Waals surface area contributed by atoms with Crippen molar-refractivity contribution < 1.29 is 35.1 Å². The van der Waals surface area contributed by atoms with Gasteiger partial charge < -0.3 is 0 Å². The molecule has 0 saturated carbocycles. The van der Waals surface area contributed by atoms with Gasteiger partial charge in [-0.1, -0.05) is 0 Å². The van der Waals surface area contributed by atoms with Gasteiger partial charge in [-0.15, -0.1) is 0 Å². The van der Waals surface area contributed by atoms with E-state index in [0.29, 0.717) is 0 Å². The summed E-state index contributed by atoms with van der Waals surface area (Å²) in [6, 6.07) is -0.193. The number of halogens is 8. The van der Waals surface area contributed by atoms with Crippen LogP contribution in [0.5, 0.6) is 0 Å². The first kappa shape index (κ1) is 16.9. The number of benzene rings is 1. The van der Waals surface area contributed by atoms with Crippen molar-refractivity contribution in [1.82, 2.24) is 9.55 Å². The quantitative estimate of drug-likeness (QED) is 0.742. The largest absolute Gasteiger partial charge is 0.433 e. The molecule has 0 aliphatic heterocycles. The molecule has 11 heteroatoms. The van der Waals surface area contributed by atoms with Crippen molar-refractivity contribution in [1.29, 1.82) is 0 Å². The lowest BCUT2D eigenvalue weighted by Crippen LogP contribution is -2.24. The molecule has 1 aromatic carbocycles. The number of aromatic nitrogens is 2. The standard InChI is InChI=1S/C12H4F8N2O/c13-6-1-5(11(15,16)17)2-7(14)10(6)22-4-21-8(3-9(22)23)12(18,19)20/h1-4H. The average Bonchev–Trinajstić information content (AvgIpc) is 2.37. The van der Waals surface area contributed by atoms with Gasteiger partial charge in [0.15, 0.2) is 17.3 Å². The molecule has 0 fully saturated rings. The second kappa shape index (κ2) is 5.32. The lowest BCUT2D eigenvalue weighted by Gasteiger charge is -2.12. The Morgan fingerprint density at radius 3 is 1.78 bits per heavy atom. The fourth-order valence-electron chi connectivity index (χ4n) is 1.68. The van der Waals surface area contributed by atoms with Crippen molar-refractivity contribution in [3.8, 4) is 5.69 Å². The molecule has 3 nitrogen and oxygen atoms in total. The van der Waals surface area contributed by atoms with Crippen molar-refractivity contribution in [2.45, 2.75) is 12.4 Å². The SMILES string of the molecule is O=c1cc(C(F)(F)F)ncn1-c1c(F)cc(C(F)(F)F)cc1F. The number of alkyl halides is 6. The summed E-state index contributed by atoms with van der Waals surface area (Å²) in [6.07, 6.45) is -9.82. The fraction of sp³-hybridized carbons (Fsp3) is 0.167. The van der Waals surface area contributed by atoms with Gasteiger partial charge in [-0.25, -0.2) is 13.8 Å². The van der Waals surface area contributed by atoms with Crippen LogP contribution < -0.4 is 5.56 Å². The van der Waals surface area contributed by atoms with Gasteiger partial charge in [0.2, 0.25) is 0 Å². The zero-order chi connectivity index (χ0) is 17.6. The van der Waals surface area contributed by atoms with Crippen molar-refractivity contribution in [3.63, 3.8) is 0 Å². The second-order valence-corrected chi connectivity index (χ2v) is 4.27. The molecule has 0 aliphatic carbocycles. The van der Waals surface area contributed by atoms with Crippen LogP contribution in [0, 0.1) is 11.6 Å². The Kier molecular flexibility index (Phi) is 3.91. The van der Waals surface area contributed by atoms with Crippen molar-refractivity contribution >= 4 is 0 Å². The predicted molar refractivity (Wildman–Crippen MR) is 59.8 cm³/mol. The summed E-state index contributed by atoms with van der Waals surface area (Å²) in [4.78, 5) is 14.4. The summed E-state index contributed by atoms with van der Waals surface area (Å²) < 4.78 is 102. The van der Waals surface area contributed by atoms with Gasteiger partial charge >= 0.3 is 12.4 Å². The first-order valence-corrected chi connectivity index (χ1v) is 5.64. The van der Waals surface area contributed by atoms with E-state index in [0.717, 1.165) is 0 Å². The molecular weight excluding hydrogens is 340 g/mol. The molecule has 1 aromatic heterocycles. The third-order valence-electron chi connectivity index (χ3n) is 2.69. The third-order valence-corrected chi connectivity index (χ3v) is 2.69. The normalized spacial score (nSPS) is 12.5. The predicted octanol–water partition coefficient (Wildman–Crippen LogP) is 3.55. The summed E-state index contributed by atoms with van der Waals surface area (Å²) in [6.45, 7) is 0. The molecule has 0 spiro atoms.